The number of rotatable bonds is 6. The highest BCUT2D eigenvalue weighted by Crippen LogP contribution is 2.37. The van der Waals surface area contributed by atoms with Gasteiger partial charge in [0.05, 0.1) is 22.0 Å². The lowest BCUT2D eigenvalue weighted by molar-refractivity contribution is -0.138. The van der Waals surface area contributed by atoms with Crippen LogP contribution in [0.3, 0.4) is 0 Å². The normalized spacial score (nSPS) is 18.4. The Bertz CT molecular complexity index is 1580. The van der Waals surface area contributed by atoms with Crippen LogP contribution in [0.5, 0.6) is 5.88 Å². The molecule has 0 amide bonds. The summed E-state index contributed by atoms with van der Waals surface area (Å²) < 4.78 is 56.6. The lowest BCUT2D eigenvalue weighted by Crippen LogP contribution is -2.38. The highest BCUT2D eigenvalue weighted by molar-refractivity contribution is 7.10. The summed E-state index contributed by atoms with van der Waals surface area (Å²) in [6, 6.07) is 8.63. The Balaban J connectivity index is 1.59. The third-order valence-electron chi connectivity index (χ3n) is 6.71. The Kier molecular flexibility index (Phi) is 7.43. The van der Waals surface area contributed by atoms with Gasteiger partial charge in [-0.1, -0.05) is 35.1 Å². The Morgan fingerprint density at radius 3 is 2.76 bits per heavy atom. The SMILES string of the molecule is O=c1sc(C(Cc2ccc(Cl)cc2C(F)(F)F)=c2ccc3c(c2)C=NN=3)c(O)n1CCN1CCCC(F)C1. The third kappa shape index (κ3) is 5.55. The molecular formula is C26H23ClF4N4O2S. The van der Waals surface area contributed by atoms with Crippen molar-refractivity contribution in [2.24, 2.45) is 10.2 Å². The van der Waals surface area contributed by atoms with Crippen LogP contribution in [-0.2, 0) is 19.1 Å². The number of halogens is 5. The quantitative estimate of drug-likeness (QED) is 0.456. The van der Waals surface area contributed by atoms with E-state index in [0.29, 0.717) is 47.6 Å². The Morgan fingerprint density at radius 1 is 1.18 bits per heavy atom. The van der Waals surface area contributed by atoms with E-state index in [4.69, 9.17) is 11.6 Å². The second-order valence-electron chi connectivity index (χ2n) is 9.29. The number of likely N-dealkylation sites (tertiary alicyclic amines) is 1. The predicted molar refractivity (Wildman–Crippen MR) is 138 cm³/mol. The van der Waals surface area contributed by atoms with Crippen LogP contribution < -0.4 is 15.4 Å². The Morgan fingerprint density at radius 2 is 2.00 bits per heavy atom. The van der Waals surface area contributed by atoms with E-state index in [0.717, 1.165) is 17.4 Å². The molecule has 1 N–H and O–H groups in total. The Labute approximate surface area is 223 Å². The largest absolute Gasteiger partial charge is 0.493 e. The molecular weight excluding hydrogens is 544 g/mol. The number of aromatic hydroxyl groups is 1. The van der Waals surface area contributed by atoms with Crippen LogP contribution in [-0.4, -0.2) is 46.6 Å². The fourth-order valence-electron chi connectivity index (χ4n) is 4.80. The number of thiazole rings is 1. The molecule has 2 aromatic carbocycles. The summed E-state index contributed by atoms with van der Waals surface area (Å²) in [6.45, 7) is 1.46. The van der Waals surface area contributed by atoms with Crippen LogP contribution in [0.4, 0.5) is 17.6 Å². The first-order valence-corrected chi connectivity index (χ1v) is 13.2. The minimum atomic E-state index is -4.65. The predicted octanol–water partition coefficient (Wildman–Crippen LogP) is 4.13. The topological polar surface area (TPSA) is 70.2 Å². The molecule has 0 radical (unpaired) electrons. The maximum Gasteiger partial charge on any atom is 0.416 e. The molecule has 3 aromatic rings. The molecule has 1 saturated heterocycles. The zero-order valence-corrected chi connectivity index (χ0v) is 21.6. The number of hydrogen-bond donors (Lipinski definition) is 1. The number of benzene rings is 2. The van der Waals surface area contributed by atoms with Crippen LogP contribution in [0.1, 0.15) is 34.4 Å². The van der Waals surface area contributed by atoms with E-state index < -0.39 is 22.8 Å². The highest BCUT2D eigenvalue weighted by atomic mass is 35.5. The van der Waals surface area contributed by atoms with Crippen molar-refractivity contribution in [2.75, 3.05) is 19.6 Å². The van der Waals surface area contributed by atoms with Gasteiger partial charge in [0.2, 0.25) is 5.88 Å². The van der Waals surface area contributed by atoms with Gasteiger partial charge in [-0.3, -0.25) is 14.3 Å². The van der Waals surface area contributed by atoms with Gasteiger partial charge in [-0.15, -0.1) is 0 Å². The molecule has 1 unspecified atom stereocenters. The summed E-state index contributed by atoms with van der Waals surface area (Å²) in [5, 5.41) is 20.1. The second kappa shape index (κ2) is 10.6. The average molecular weight is 567 g/mol. The Hall–Kier alpha value is -3.02. The molecule has 0 saturated carbocycles. The first-order chi connectivity index (χ1) is 18.1. The van der Waals surface area contributed by atoms with Gasteiger partial charge < -0.3 is 5.11 Å². The van der Waals surface area contributed by atoms with Crippen LogP contribution >= 0.6 is 22.9 Å². The fourth-order valence-corrected chi connectivity index (χ4v) is 5.94. The van der Waals surface area contributed by atoms with Crippen molar-refractivity contribution in [3.63, 3.8) is 0 Å². The summed E-state index contributed by atoms with van der Waals surface area (Å²) in [7, 11) is 0. The standard InChI is InChI=1S/C26H23ClF4N4O2S/c27-18-5-3-16(21(12-18)26(29,30)31)11-20(15-4-6-22-17(10-15)13-32-33-22)23-24(36)35(25(37)38-23)9-8-34-7-1-2-19(28)14-34/h3-6,10,12-13,19,36H,1-2,7-9,11,14H2. The van der Waals surface area contributed by atoms with Crippen molar-refractivity contribution in [1.82, 2.24) is 9.47 Å². The maximum atomic E-state index is 13.9. The number of fused-ring (bicyclic) bond motifs is 1. The van der Waals surface area contributed by atoms with Gasteiger partial charge in [-0.25, -0.2) is 4.39 Å². The van der Waals surface area contributed by atoms with E-state index in [1.165, 1.54) is 22.9 Å². The van der Waals surface area contributed by atoms with Crippen molar-refractivity contribution in [2.45, 2.75) is 38.2 Å². The summed E-state index contributed by atoms with van der Waals surface area (Å²) >= 11 is 6.64. The molecule has 1 aromatic heterocycles. The van der Waals surface area contributed by atoms with Crippen molar-refractivity contribution >= 4 is 34.7 Å². The molecule has 3 heterocycles. The lowest BCUT2D eigenvalue weighted by Gasteiger charge is -2.28. The molecule has 0 bridgehead atoms. The average Bonchev–Trinajstić information content (AvgIpc) is 3.44. The summed E-state index contributed by atoms with van der Waals surface area (Å²) in [6.07, 6.45) is -3.05. The van der Waals surface area contributed by atoms with Gasteiger partial charge >= 0.3 is 11.0 Å². The number of nitrogens with zero attached hydrogens (tertiary/aromatic N) is 4. The van der Waals surface area contributed by atoms with Crippen molar-refractivity contribution in [3.8, 4) is 5.88 Å². The minimum absolute atomic E-state index is 0.0510. The molecule has 6 nitrogen and oxygen atoms in total. The van der Waals surface area contributed by atoms with E-state index in [2.05, 4.69) is 10.2 Å². The van der Waals surface area contributed by atoms with E-state index >= 15 is 0 Å². The van der Waals surface area contributed by atoms with Gasteiger partial charge in [-0.2, -0.15) is 23.4 Å². The van der Waals surface area contributed by atoms with Crippen LogP contribution in [0.2, 0.25) is 5.02 Å². The number of hydrogen-bond acceptors (Lipinski definition) is 6. The summed E-state index contributed by atoms with van der Waals surface area (Å²) in [4.78, 5) is 14.5. The van der Waals surface area contributed by atoms with Crippen molar-refractivity contribution in [1.29, 1.82) is 0 Å². The van der Waals surface area contributed by atoms with Crippen LogP contribution in [0, 0.1) is 0 Å². The van der Waals surface area contributed by atoms with Gasteiger partial charge in [0, 0.05) is 36.6 Å². The maximum absolute atomic E-state index is 13.9. The molecule has 0 aliphatic carbocycles. The van der Waals surface area contributed by atoms with Crippen LogP contribution in [0.25, 0.3) is 5.57 Å². The zero-order chi connectivity index (χ0) is 27.0. The molecule has 5 rings (SSSR count). The monoisotopic (exact) mass is 566 g/mol. The molecule has 1 atom stereocenters. The molecule has 2 aliphatic rings. The molecule has 38 heavy (non-hydrogen) atoms. The van der Waals surface area contributed by atoms with E-state index in [1.54, 1.807) is 18.2 Å². The zero-order valence-electron chi connectivity index (χ0n) is 20.0. The van der Waals surface area contributed by atoms with Gasteiger partial charge in [0.25, 0.3) is 0 Å². The third-order valence-corrected chi connectivity index (χ3v) is 7.98. The molecule has 1 fully saturated rings. The van der Waals surface area contributed by atoms with Crippen molar-refractivity contribution < 1.29 is 22.7 Å². The molecule has 12 heteroatoms. The first kappa shape index (κ1) is 26.6. The van der Waals surface area contributed by atoms with E-state index in [9.17, 15) is 27.5 Å². The smallest absolute Gasteiger partial charge is 0.416 e. The minimum Gasteiger partial charge on any atom is -0.493 e. The number of aromatic nitrogens is 1. The molecule has 200 valence electrons. The fraction of sp³-hybridized carbons (Fsp3) is 0.346. The van der Waals surface area contributed by atoms with Gasteiger partial charge in [0.1, 0.15) is 6.17 Å². The van der Waals surface area contributed by atoms with E-state index in [-0.39, 0.29) is 40.9 Å². The second-order valence-corrected chi connectivity index (χ2v) is 10.7. The number of alkyl halides is 4. The summed E-state index contributed by atoms with van der Waals surface area (Å²) in [5.41, 5.74) is 0.0765. The molecule has 2 aliphatic heterocycles. The van der Waals surface area contributed by atoms with Crippen molar-refractivity contribution in [3.05, 3.63) is 83.2 Å². The van der Waals surface area contributed by atoms with Gasteiger partial charge in [0.15, 0.2) is 0 Å². The first-order valence-electron chi connectivity index (χ1n) is 12.0. The number of piperidine rings is 1. The van der Waals surface area contributed by atoms with Crippen LogP contribution in [0.15, 0.2) is 51.4 Å². The molecule has 0 spiro atoms. The van der Waals surface area contributed by atoms with E-state index in [1.807, 2.05) is 4.90 Å². The van der Waals surface area contributed by atoms with Gasteiger partial charge in [-0.05, 0) is 60.0 Å². The lowest BCUT2D eigenvalue weighted by atomic mass is 9.96. The summed E-state index contributed by atoms with van der Waals surface area (Å²) in [5.74, 6) is -0.329. The highest BCUT2D eigenvalue weighted by Gasteiger charge is 2.34.